The van der Waals surface area contributed by atoms with Gasteiger partial charge in [-0.2, -0.15) is 4.98 Å². The minimum absolute atomic E-state index is 0.0885. The SMILES string of the molecule is Cc1ccc(Cn2c(N(C)C3CCCO3)nc3c2c(=O)n(C)c(=O)n3C)cc1. The van der Waals surface area contributed by atoms with Gasteiger partial charge in [0.2, 0.25) is 5.95 Å². The van der Waals surface area contributed by atoms with Gasteiger partial charge in [0.25, 0.3) is 5.56 Å². The molecule has 1 aliphatic rings. The predicted octanol–water partition coefficient (Wildman–Crippen LogP) is 1.36. The van der Waals surface area contributed by atoms with Crippen LogP contribution >= 0.6 is 0 Å². The molecule has 2 aromatic heterocycles. The van der Waals surface area contributed by atoms with E-state index in [1.54, 1.807) is 7.05 Å². The average molecular weight is 383 g/mol. The lowest BCUT2D eigenvalue weighted by atomic mass is 10.1. The van der Waals surface area contributed by atoms with Crippen LogP contribution in [0.2, 0.25) is 0 Å². The number of imidazole rings is 1. The number of ether oxygens (including phenoxy) is 1. The van der Waals surface area contributed by atoms with Gasteiger partial charge in [0.1, 0.15) is 6.23 Å². The van der Waals surface area contributed by atoms with Gasteiger partial charge in [-0.3, -0.25) is 18.5 Å². The molecule has 4 rings (SSSR count). The number of benzene rings is 1. The Balaban J connectivity index is 1.94. The third kappa shape index (κ3) is 2.93. The first kappa shape index (κ1) is 18.5. The van der Waals surface area contributed by atoms with E-state index < -0.39 is 0 Å². The van der Waals surface area contributed by atoms with Crippen molar-refractivity contribution in [3.8, 4) is 0 Å². The summed E-state index contributed by atoms with van der Waals surface area (Å²) in [7, 11) is 5.06. The normalized spacial score (nSPS) is 16.8. The second-order valence-corrected chi connectivity index (χ2v) is 7.44. The first-order valence-electron chi connectivity index (χ1n) is 9.44. The summed E-state index contributed by atoms with van der Waals surface area (Å²) < 4.78 is 10.3. The van der Waals surface area contributed by atoms with Gasteiger partial charge in [0.15, 0.2) is 11.2 Å². The van der Waals surface area contributed by atoms with Crippen molar-refractivity contribution in [2.75, 3.05) is 18.6 Å². The third-order valence-corrected chi connectivity index (χ3v) is 5.44. The van der Waals surface area contributed by atoms with Crippen LogP contribution in [0.5, 0.6) is 0 Å². The van der Waals surface area contributed by atoms with Crippen LogP contribution < -0.4 is 16.1 Å². The van der Waals surface area contributed by atoms with Crippen LogP contribution in [0.4, 0.5) is 5.95 Å². The van der Waals surface area contributed by atoms with E-state index in [1.165, 1.54) is 17.2 Å². The minimum Gasteiger partial charge on any atom is -0.358 e. The first-order chi connectivity index (χ1) is 13.4. The van der Waals surface area contributed by atoms with Crippen LogP contribution in [0.15, 0.2) is 33.9 Å². The molecule has 8 nitrogen and oxygen atoms in total. The van der Waals surface area contributed by atoms with Crippen LogP contribution in [-0.4, -0.2) is 38.6 Å². The molecule has 1 saturated heterocycles. The Bertz CT molecular complexity index is 1130. The van der Waals surface area contributed by atoms with Crippen LogP contribution in [0.1, 0.15) is 24.0 Å². The summed E-state index contributed by atoms with van der Waals surface area (Å²) >= 11 is 0. The molecule has 0 amide bonds. The van der Waals surface area contributed by atoms with Gasteiger partial charge >= 0.3 is 5.69 Å². The van der Waals surface area contributed by atoms with Crippen molar-refractivity contribution in [2.45, 2.75) is 32.5 Å². The molecule has 28 heavy (non-hydrogen) atoms. The van der Waals surface area contributed by atoms with Gasteiger partial charge in [-0.25, -0.2) is 4.79 Å². The summed E-state index contributed by atoms with van der Waals surface area (Å²) in [5.41, 5.74) is 2.32. The number of anilines is 1. The van der Waals surface area contributed by atoms with E-state index >= 15 is 0 Å². The molecule has 1 aromatic carbocycles. The molecular weight excluding hydrogens is 358 g/mol. The molecule has 3 aromatic rings. The zero-order valence-electron chi connectivity index (χ0n) is 16.7. The maximum atomic E-state index is 13.0. The van der Waals surface area contributed by atoms with Crippen molar-refractivity contribution in [2.24, 2.45) is 14.1 Å². The Kier molecular flexibility index (Phi) is 4.58. The fraction of sp³-hybridized carbons (Fsp3) is 0.450. The molecule has 1 unspecified atom stereocenters. The fourth-order valence-corrected chi connectivity index (χ4v) is 3.73. The molecule has 0 spiro atoms. The van der Waals surface area contributed by atoms with Gasteiger partial charge in [0, 0.05) is 27.7 Å². The van der Waals surface area contributed by atoms with E-state index in [1.807, 2.05) is 47.7 Å². The molecule has 0 bridgehead atoms. The summed E-state index contributed by atoms with van der Waals surface area (Å²) in [4.78, 5) is 32.0. The van der Waals surface area contributed by atoms with Crippen LogP contribution in [0.25, 0.3) is 11.2 Å². The van der Waals surface area contributed by atoms with Crippen LogP contribution in [-0.2, 0) is 25.4 Å². The van der Waals surface area contributed by atoms with Gasteiger partial charge in [-0.1, -0.05) is 29.8 Å². The molecule has 1 atom stereocenters. The Hall–Kier alpha value is -2.87. The van der Waals surface area contributed by atoms with E-state index in [-0.39, 0.29) is 17.5 Å². The molecular formula is C20H25N5O3. The molecule has 0 saturated carbocycles. The van der Waals surface area contributed by atoms with E-state index in [9.17, 15) is 9.59 Å². The molecule has 8 heteroatoms. The van der Waals surface area contributed by atoms with Crippen molar-refractivity contribution in [1.29, 1.82) is 0 Å². The standard InChI is InChI=1S/C20H25N5O3/c1-13-7-9-14(10-8-13)12-25-16-17(23(3)20(27)24(4)18(16)26)21-19(25)22(2)15-6-5-11-28-15/h7-10,15H,5-6,11-12H2,1-4H3. The largest absolute Gasteiger partial charge is 0.358 e. The second-order valence-electron chi connectivity index (χ2n) is 7.44. The van der Waals surface area contributed by atoms with E-state index in [2.05, 4.69) is 0 Å². The highest BCUT2D eigenvalue weighted by Crippen LogP contribution is 2.25. The summed E-state index contributed by atoms with van der Waals surface area (Å²) in [5, 5.41) is 0. The van der Waals surface area contributed by atoms with Crippen molar-refractivity contribution in [1.82, 2.24) is 18.7 Å². The highest BCUT2D eigenvalue weighted by molar-refractivity contribution is 5.74. The molecule has 1 fully saturated rings. The number of aryl methyl sites for hydroxylation is 2. The number of nitrogens with zero attached hydrogens (tertiary/aromatic N) is 5. The Morgan fingerprint density at radius 3 is 2.54 bits per heavy atom. The lowest BCUT2D eigenvalue weighted by Crippen LogP contribution is -2.37. The summed E-state index contributed by atoms with van der Waals surface area (Å²) in [6, 6.07) is 8.18. The van der Waals surface area contributed by atoms with Gasteiger partial charge < -0.3 is 9.64 Å². The predicted molar refractivity (Wildman–Crippen MR) is 108 cm³/mol. The third-order valence-electron chi connectivity index (χ3n) is 5.44. The average Bonchev–Trinajstić information content (AvgIpc) is 3.34. The van der Waals surface area contributed by atoms with Gasteiger partial charge in [-0.05, 0) is 25.3 Å². The summed E-state index contributed by atoms with van der Waals surface area (Å²) in [6.07, 6.45) is 1.81. The Morgan fingerprint density at radius 1 is 1.18 bits per heavy atom. The van der Waals surface area contributed by atoms with E-state index in [4.69, 9.17) is 9.72 Å². The molecule has 0 aliphatic carbocycles. The molecule has 0 N–H and O–H groups in total. The molecule has 0 radical (unpaired) electrons. The molecule has 1 aliphatic heterocycles. The highest BCUT2D eigenvalue weighted by Gasteiger charge is 2.27. The summed E-state index contributed by atoms with van der Waals surface area (Å²) in [5.74, 6) is 0.626. The van der Waals surface area contributed by atoms with E-state index in [0.717, 1.165) is 23.0 Å². The first-order valence-corrected chi connectivity index (χ1v) is 9.44. The molecule has 148 valence electrons. The maximum absolute atomic E-state index is 13.0. The quantitative estimate of drug-likeness (QED) is 0.680. The van der Waals surface area contributed by atoms with Crippen LogP contribution in [0, 0.1) is 6.92 Å². The smallest absolute Gasteiger partial charge is 0.332 e. The van der Waals surface area contributed by atoms with Crippen molar-refractivity contribution in [3.05, 3.63) is 56.2 Å². The van der Waals surface area contributed by atoms with E-state index in [0.29, 0.717) is 30.3 Å². The molecule has 3 heterocycles. The van der Waals surface area contributed by atoms with Crippen molar-refractivity contribution in [3.63, 3.8) is 0 Å². The number of fused-ring (bicyclic) bond motifs is 1. The minimum atomic E-state index is -0.385. The van der Waals surface area contributed by atoms with Gasteiger partial charge in [0.05, 0.1) is 6.54 Å². The number of hydrogen-bond donors (Lipinski definition) is 0. The Labute approximate surface area is 162 Å². The number of aromatic nitrogens is 4. The maximum Gasteiger partial charge on any atom is 0.332 e. The second kappa shape index (κ2) is 6.94. The van der Waals surface area contributed by atoms with Crippen molar-refractivity contribution < 1.29 is 4.74 Å². The number of rotatable bonds is 4. The summed E-state index contributed by atoms with van der Waals surface area (Å²) in [6.45, 7) is 3.24. The Morgan fingerprint density at radius 2 is 1.89 bits per heavy atom. The topological polar surface area (TPSA) is 74.3 Å². The van der Waals surface area contributed by atoms with Crippen LogP contribution in [0.3, 0.4) is 0 Å². The van der Waals surface area contributed by atoms with Gasteiger partial charge in [-0.15, -0.1) is 0 Å². The highest BCUT2D eigenvalue weighted by atomic mass is 16.5. The zero-order valence-corrected chi connectivity index (χ0v) is 16.7. The lowest BCUT2D eigenvalue weighted by Gasteiger charge is -2.25. The van der Waals surface area contributed by atoms with Crippen molar-refractivity contribution >= 4 is 17.1 Å². The number of hydrogen-bond acceptors (Lipinski definition) is 5. The zero-order chi connectivity index (χ0) is 20.0. The lowest BCUT2D eigenvalue weighted by molar-refractivity contribution is 0.110. The monoisotopic (exact) mass is 383 g/mol. The fourth-order valence-electron chi connectivity index (χ4n) is 3.73.